The van der Waals surface area contributed by atoms with Gasteiger partial charge in [-0.25, -0.2) is 4.98 Å². The molecule has 1 atom stereocenters. The largest absolute Gasteiger partial charge is 0.355 e. The van der Waals surface area contributed by atoms with E-state index in [9.17, 15) is 4.79 Å². The lowest BCUT2D eigenvalue weighted by molar-refractivity contribution is 0.0943. The van der Waals surface area contributed by atoms with Crippen molar-refractivity contribution < 1.29 is 4.79 Å². The van der Waals surface area contributed by atoms with E-state index < -0.39 is 0 Å². The van der Waals surface area contributed by atoms with Crippen LogP contribution in [0.4, 0.5) is 5.82 Å². The molecule has 1 aromatic carbocycles. The quantitative estimate of drug-likeness (QED) is 0.922. The standard InChI is InChI=1S/C21H27N3O/c1-15(2)23-20(25)17-10-11-22-19(12-17)24-13-18(21(3,4)14-24)16-8-6-5-7-9-16/h5-12,15,18H,13-14H2,1-4H3,(H,23,25). The predicted molar refractivity (Wildman–Crippen MR) is 102 cm³/mol. The van der Waals surface area contributed by atoms with Crippen LogP contribution in [0.2, 0.25) is 0 Å². The third kappa shape index (κ3) is 3.84. The monoisotopic (exact) mass is 337 g/mol. The fourth-order valence-corrected chi connectivity index (χ4v) is 3.63. The molecule has 1 N–H and O–H groups in total. The second-order valence-corrected chi connectivity index (χ2v) is 7.86. The fraction of sp³-hybridized carbons (Fsp3) is 0.429. The molecule has 3 rings (SSSR count). The highest BCUT2D eigenvalue weighted by Gasteiger charge is 2.40. The molecule has 2 aromatic rings. The van der Waals surface area contributed by atoms with Crippen molar-refractivity contribution in [2.45, 2.75) is 39.7 Å². The number of carbonyl (C=O) groups is 1. The van der Waals surface area contributed by atoms with Crippen LogP contribution >= 0.6 is 0 Å². The summed E-state index contributed by atoms with van der Waals surface area (Å²) in [5.41, 5.74) is 2.18. The summed E-state index contributed by atoms with van der Waals surface area (Å²) in [5.74, 6) is 1.28. The van der Waals surface area contributed by atoms with Crippen molar-refractivity contribution in [2.75, 3.05) is 18.0 Å². The summed E-state index contributed by atoms with van der Waals surface area (Å²) in [6, 6.07) is 14.5. The van der Waals surface area contributed by atoms with Crippen molar-refractivity contribution in [1.82, 2.24) is 10.3 Å². The molecule has 25 heavy (non-hydrogen) atoms. The number of hydrogen-bond acceptors (Lipinski definition) is 3. The van der Waals surface area contributed by atoms with Crippen LogP contribution in [0.15, 0.2) is 48.7 Å². The van der Waals surface area contributed by atoms with Crippen LogP contribution in [0.25, 0.3) is 0 Å². The van der Waals surface area contributed by atoms with E-state index in [-0.39, 0.29) is 17.4 Å². The van der Waals surface area contributed by atoms with Crippen LogP contribution in [0, 0.1) is 5.41 Å². The first-order valence-corrected chi connectivity index (χ1v) is 8.93. The number of hydrogen-bond donors (Lipinski definition) is 1. The van der Waals surface area contributed by atoms with Gasteiger partial charge in [0.25, 0.3) is 5.91 Å². The van der Waals surface area contributed by atoms with E-state index in [2.05, 4.69) is 59.4 Å². The Morgan fingerprint density at radius 3 is 2.64 bits per heavy atom. The minimum atomic E-state index is -0.0447. The summed E-state index contributed by atoms with van der Waals surface area (Å²) < 4.78 is 0. The Kier molecular flexibility index (Phi) is 4.80. The number of nitrogens with one attached hydrogen (secondary N) is 1. The molecule has 2 heterocycles. The van der Waals surface area contributed by atoms with Gasteiger partial charge in [-0.1, -0.05) is 44.2 Å². The minimum Gasteiger partial charge on any atom is -0.355 e. The summed E-state index contributed by atoms with van der Waals surface area (Å²) in [4.78, 5) is 19.1. The van der Waals surface area contributed by atoms with Crippen molar-refractivity contribution in [3.63, 3.8) is 0 Å². The molecule has 0 aliphatic carbocycles. The lowest BCUT2D eigenvalue weighted by Crippen LogP contribution is -2.30. The van der Waals surface area contributed by atoms with Gasteiger partial charge in [0.2, 0.25) is 0 Å². The minimum absolute atomic E-state index is 0.0447. The lowest BCUT2D eigenvalue weighted by atomic mass is 9.78. The molecule has 0 saturated carbocycles. The van der Waals surface area contributed by atoms with E-state index in [4.69, 9.17) is 0 Å². The Balaban J connectivity index is 1.82. The van der Waals surface area contributed by atoms with Gasteiger partial charge in [0.15, 0.2) is 0 Å². The van der Waals surface area contributed by atoms with Gasteiger partial charge in [-0.05, 0) is 37.0 Å². The first kappa shape index (κ1) is 17.5. The van der Waals surface area contributed by atoms with Gasteiger partial charge in [-0.3, -0.25) is 4.79 Å². The van der Waals surface area contributed by atoms with Crippen molar-refractivity contribution in [3.8, 4) is 0 Å². The van der Waals surface area contributed by atoms with Crippen LogP contribution < -0.4 is 10.2 Å². The highest BCUT2D eigenvalue weighted by Crippen LogP contribution is 2.43. The summed E-state index contributed by atoms with van der Waals surface area (Å²) in [6.07, 6.45) is 1.73. The number of benzene rings is 1. The van der Waals surface area contributed by atoms with E-state index in [0.29, 0.717) is 11.5 Å². The lowest BCUT2D eigenvalue weighted by Gasteiger charge is -2.25. The molecule has 0 bridgehead atoms. The number of anilines is 1. The van der Waals surface area contributed by atoms with Crippen molar-refractivity contribution >= 4 is 11.7 Å². The molecule has 1 unspecified atom stereocenters. The number of rotatable bonds is 4. The van der Waals surface area contributed by atoms with Gasteiger partial charge < -0.3 is 10.2 Å². The highest BCUT2D eigenvalue weighted by atomic mass is 16.1. The maximum absolute atomic E-state index is 12.3. The molecule has 1 fully saturated rings. The second kappa shape index (κ2) is 6.87. The average molecular weight is 337 g/mol. The molecule has 1 aliphatic rings. The summed E-state index contributed by atoms with van der Waals surface area (Å²) in [7, 11) is 0. The zero-order chi connectivity index (χ0) is 18.0. The molecule has 1 aromatic heterocycles. The van der Waals surface area contributed by atoms with Crippen LogP contribution in [0.3, 0.4) is 0 Å². The smallest absolute Gasteiger partial charge is 0.251 e. The Hall–Kier alpha value is -2.36. The number of aromatic nitrogens is 1. The van der Waals surface area contributed by atoms with Crippen molar-refractivity contribution in [3.05, 3.63) is 59.8 Å². The fourth-order valence-electron chi connectivity index (χ4n) is 3.63. The normalized spacial score (nSPS) is 19.2. The molecule has 4 nitrogen and oxygen atoms in total. The molecule has 0 radical (unpaired) electrons. The number of amides is 1. The van der Waals surface area contributed by atoms with Crippen LogP contribution in [0.5, 0.6) is 0 Å². The third-order valence-electron chi connectivity index (χ3n) is 4.90. The van der Waals surface area contributed by atoms with Gasteiger partial charge in [0.1, 0.15) is 5.82 Å². The van der Waals surface area contributed by atoms with E-state index in [1.165, 1.54) is 5.56 Å². The summed E-state index contributed by atoms with van der Waals surface area (Å²) in [6.45, 7) is 10.4. The molecule has 0 spiro atoms. The number of pyridine rings is 1. The first-order chi connectivity index (χ1) is 11.9. The number of carbonyl (C=O) groups excluding carboxylic acids is 1. The van der Waals surface area contributed by atoms with Gasteiger partial charge in [0, 0.05) is 36.8 Å². The van der Waals surface area contributed by atoms with E-state index in [1.807, 2.05) is 19.9 Å². The van der Waals surface area contributed by atoms with E-state index >= 15 is 0 Å². The summed E-state index contributed by atoms with van der Waals surface area (Å²) >= 11 is 0. The highest BCUT2D eigenvalue weighted by molar-refractivity contribution is 5.95. The van der Waals surface area contributed by atoms with Crippen LogP contribution in [-0.4, -0.2) is 30.0 Å². The third-order valence-corrected chi connectivity index (χ3v) is 4.90. The second-order valence-electron chi connectivity index (χ2n) is 7.86. The Morgan fingerprint density at radius 1 is 1.24 bits per heavy atom. The van der Waals surface area contributed by atoms with E-state index in [0.717, 1.165) is 18.9 Å². The average Bonchev–Trinajstić information content (AvgIpc) is 2.91. The number of nitrogens with zero attached hydrogens (tertiary/aromatic N) is 2. The molecular weight excluding hydrogens is 310 g/mol. The maximum atomic E-state index is 12.3. The molecule has 132 valence electrons. The Labute approximate surface area is 150 Å². The topological polar surface area (TPSA) is 45.2 Å². The predicted octanol–water partition coefficient (Wildman–Crippen LogP) is 3.85. The molecule has 1 amide bonds. The Bertz CT molecular complexity index is 740. The van der Waals surface area contributed by atoms with Crippen LogP contribution in [0.1, 0.15) is 49.5 Å². The molecule has 1 aliphatic heterocycles. The summed E-state index contributed by atoms with van der Waals surface area (Å²) in [5, 5.41) is 2.94. The zero-order valence-corrected chi connectivity index (χ0v) is 15.5. The van der Waals surface area contributed by atoms with Crippen molar-refractivity contribution in [1.29, 1.82) is 0 Å². The zero-order valence-electron chi connectivity index (χ0n) is 15.5. The maximum Gasteiger partial charge on any atom is 0.251 e. The van der Waals surface area contributed by atoms with Crippen molar-refractivity contribution in [2.24, 2.45) is 5.41 Å². The van der Waals surface area contributed by atoms with Gasteiger partial charge in [0.05, 0.1) is 0 Å². The Morgan fingerprint density at radius 2 is 1.96 bits per heavy atom. The van der Waals surface area contributed by atoms with Crippen LogP contribution in [-0.2, 0) is 0 Å². The first-order valence-electron chi connectivity index (χ1n) is 8.93. The van der Waals surface area contributed by atoms with E-state index in [1.54, 1.807) is 12.3 Å². The SMILES string of the molecule is CC(C)NC(=O)c1ccnc(N2CC(c3ccccc3)C(C)(C)C2)c1. The molecule has 1 saturated heterocycles. The molecule has 4 heteroatoms. The van der Waals surface area contributed by atoms with Gasteiger partial charge in [-0.2, -0.15) is 0 Å². The molecular formula is C21H27N3O. The van der Waals surface area contributed by atoms with Gasteiger partial charge in [-0.15, -0.1) is 0 Å². The van der Waals surface area contributed by atoms with Gasteiger partial charge >= 0.3 is 0 Å².